The summed E-state index contributed by atoms with van der Waals surface area (Å²) in [5, 5.41) is 4.32. The van der Waals surface area contributed by atoms with Gasteiger partial charge in [0, 0.05) is 67.4 Å². The average Bonchev–Trinajstić information content (AvgIpc) is 3.80. The second kappa shape index (κ2) is 15.4. The third kappa shape index (κ3) is 8.39. The molecule has 5 heterocycles. The first-order valence-electron chi connectivity index (χ1n) is 17.2. The van der Waals surface area contributed by atoms with Gasteiger partial charge in [0.15, 0.2) is 12.1 Å². The lowest BCUT2D eigenvalue weighted by Crippen LogP contribution is -2.48. The summed E-state index contributed by atoms with van der Waals surface area (Å²) in [5.74, 6) is 8.20. The first-order valence-corrected chi connectivity index (χ1v) is 17.2. The van der Waals surface area contributed by atoms with Gasteiger partial charge in [-0.2, -0.15) is 0 Å². The fourth-order valence-electron chi connectivity index (χ4n) is 6.82. The Bertz CT molecular complexity index is 1620. The van der Waals surface area contributed by atoms with Crippen molar-refractivity contribution in [1.29, 1.82) is 0 Å². The molecule has 3 aliphatic heterocycles. The third-order valence-electron chi connectivity index (χ3n) is 9.50. The number of rotatable bonds is 9. The molecule has 9 nitrogen and oxygen atoms in total. The van der Waals surface area contributed by atoms with E-state index >= 15 is 0 Å². The first-order chi connectivity index (χ1) is 23.2. The van der Waals surface area contributed by atoms with Crippen LogP contribution in [0.25, 0.3) is 11.3 Å². The molecule has 3 fully saturated rings. The van der Waals surface area contributed by atoms with Crippen molar-refractivity contribution in [3.8, 4) is 23.2 Å². The molecule has 3 saturated heterocycles. The van der Waals surface area contributed by atoms with Crippen LogP contribution in [-0.4, -0.2) is 82.8 Å². The van der Waals surface area contributed by atoms with Crippen molar-refractivity contribution in [2.24, 2.45) is 0 Å². The summed E-state index contributed by atoms with van der Waals surface area (Å²) in [6.45, 7) is 10.6. The van der Waals surface area contributed by atoms with E-state index in [0.717, 1.165) is 106 Å². The van der Waals surface area contributed by atoms with Gasteiger partial charge in [0.05, 0.1) is 19.8 Å². The highest BCUT2D eigenvalue weighted by atomic mass is 16.7. The molecule has 2 atom stereocenters. The van der Waals surface area contributed by atoms with Crippen LogP contribution in [0.3, 0.4) is 0 Å². The fraction of sp³-hybridized carbons (Fsp3) is 0.474. The summed E-state index contributed by atoms with van der Waals surface area (Å²) in [4.78, 5) is 9.74. The van der Waals surface area contributed by atoms with E-state index in [2.05, 4.69) is 60.6 Å². The number of benzene rings is 2. The monoisotopic (exact) mass is 635 g/mol. The van der Waals surface area contributed by atoms with E-state index in [4.69, 9.17) is 18.7 Å². The Morgan fingerprint density at radius 2 is 1.62 bits per heavy atom. The van der Waals surface area contributed by atoms with Crippen molar-refractivity contribution in [1.82, 2.24) is 24.5 Å². The van der Waals surface area contributed by atoms with E-state index in [1.165, 1.54) is 18.4 Å². The van der Waals surface area contributed by atoms with Crippen molar-refractivity contribution < 1.29 is 18.7 Å². The number of imidazole rings is 1. The minimum Gasteiger partial charge on any atom is -0.379 e. The van der Waals surface area contributed by atoms with E-state index < -0.39 is 0 Å². The molecule has 7 rings (SSSR count). The van der Waals surface area contributed by atoms with Crippen LogP contribution in [0.1, 0.15) is 73.3 Å². The van der Waals surface area contributed by atoms with Crippen molar-refractivity contribution in [3.05, 3.63) is 95.2 Å². The molecule has 0 aliphatic carbocycles. The Labute approximate surface area is 277 Å². The number of likely N-dealkylation sites (tertiary alicyclic amines) is 1. The highest BCUT2D eigenvalue weighted by Crippen LogP contribution is 2.25. The van der Waals surface area contributed by atoms with E-state index in [1.54, 1.807) is 6.20 Å². The number of nitrogens with zero attached hydrogens (tertiary/aromatic N) is 5. The number of aromatic nitrogens is 3. The maximum Gasteiger partial charge on any atom is 0.167 e. The molecule has 0 bridgehead atoms. The summed E-state index contributed by atoms with van der Waals surface area (Å²) in [6, 6.07) is 19.5. The normalized spacial score (nSPS) is 20.5. The van der Waals surface area contributed by atoms with Crippen molar-refractivity contribution in [2.45, 2.75) is 70.6 Å². The lowest BCUT2D eigenvalue weighted by Gasteiger charge is -2.40. The molecule has 0 saturated carbocycles. The van der Waals surface area contributed by atoms with E-state index in [1.807, 2.05) is 43.5 Å². The van der Waals surface area contributed by atoms with Gasteiger partial charge in [0.1, 0.15) is 17.6 Å². The Hall–Kier alpha value is -3.78. The molecule has 4 aromatic rings. The van der Waals surface area contributed by atoms with E-state index in [9.17, 15) is 0 Å². The molecule has 0 radical (unpaired) electrons. The summed E-state index contributed by atoms with van der Waals surface area (Å²) >= 11 is 0. The van der Waals surface area contributed by atoms with Gasteiger partial charge in [-0.05, 0) is 94.1 Å². The van der Waals surface area contributed by atoms with Crippen LogP contribution in [0.15, 0.2) is 71.5 Å². The lowest BCUT2D eigenvalue weighted by atomic mass is 10.0. The van der Waals surface area contributed by atoms with Gasteiger partial charge in [-0.25, -0.2) is 4.98 Å². The molecule has 2 aromatic carbocycles. The second-order valence-electron chi connectivity index (χ2n) is 12.9. The number of hydrogen-bond acceptors (Lipinski definition) is 8. The maximum absolute atomic E-state index is 6.13. The Morgan fingerprint density at radius 3 is 2.34 bits per heavy atom. The predicted octanol–water partition coefficient (Wildman–Crippen LogP) is 5.89. The number of piperidine rings is 1. The molecule has 0 amide bonds. The van der Waals surface area contributed by atoms with Gasteiger partial charge in [0.2, 0.25) is 0 Å². The molecule has 0 N–H and O–H groups in total. The Morgan fingerprint density at radius 1 is 0.872 bits per heavy atom. The Kier molecular flexibility index (Phi) is 10.4. The number of morpholine rings is 1. The fourth-order valence-corrected chi connectivity index (χ4v) is 6.82. The smallest absolute Gasteiger partial charge is 0.167 e. The average molecular weight is 636 g/mol. The zero-order valence-corrected chi connectivity index (χ0v) is 27.4. The van der Waals surface area contributed by atoms with Crippen molar-refractivity contribution in [2.75, 3.05) is 46.0 Å². The predicted molar refractivity (Wildman–Crippen MR) is 179 cm³/mol. The zero-order valence-electron chi connectivity index (χ0n) is 27.4. The SMILES string of the molecule is CC(OC1CCCCO1)c1nccn1Cc1cc(-c2ccc(C#Cc3ccc(CN4CCC(N5CCOCC5)CC4)cc3)cc2)on1. The molecular weight excluding hydrogens is 590 g/mol. The quantitative estimate of drug-likeness (QED) is 0.211. The molecule has 47 heavy (non-hydrogen) atoms. The van der Waals surface area contributed by atoms with Crippen LogP contribution in [0, 0.1) is 11.8 Å². The topological polar surface area (TPSA) is 78.0 Å². The Balaban J connectivity index is 0.897. The van der Waals surface area contributed by atoms with Crippen LogP contribution < -0.4 is 0 Å². The molecule has 2 unspecified atom stereocenters. The van der Waals surface area contributed by atoms with Gasteiger partial charge < -0.3 is 23.3 Å². The maximum atomic E-state index is 6.13. The standard InChI is InChI=1S/C38H45N5O4/c1-29(46-37-4-2-3-23-45-37)38-39-17-20-43(38)28-34-26-36(47-40-34)33-13-11-31(12-14-33)6-5-30-7-9-32(10-8-30)27-41-18-15-35(16-19-41)42-21-24-44-25-22-42/h7-14,17,20,26,29,35,37H,2-4,15-16,18-19,21-25,27-28H2,1H3. The molecule has 3 aliphatic rings. The van der Waals surface area contributed by atoms with Gasteiger partial charge in [-0.3, -0.25) is 9.80 Å². The molecule has 246 valence electrons. The van der Waals surface area contributed by atoms with Crippen LogP contribution >= 0.6 is 0 Å². The van der Waals surface area contributed by atoms with Crippen LogP contribution in [0.4, 0.5) is 0 Å². The van der Waals surface area contributed by atoms with E-state index in [0.29, 0.717) is 12.6 Å². The van der Waals surface area contributed by atoms with Crippen molar-refractivity contribution in [3.63, 3.8) is 0 Å². The molecule has 2 aromatic heterocycles. The molecular formula is C38H45N5O4. The van der Waals surface area contributed by atoms with Crippen LogP contribution in [0.5, 0.6) is 0 Å². The number of hydrogen-bond donors (Lipinski definition) is 0. The third-order valence-corrected chi connectivity index (χ3v) is 9.50. The summed E-state index contributed by atoms with van der Waals surface area (Å²) in [7, 11) is 0. The summed E-state index contributed by atoms with van der Waals surface area (Å²) in [6.07, 6.45) is 9.04. The highest BCUT2D eigenvalue weighted by Gasteiger charge is 2.26. The summed E-state index contributed by atoms with van der Waals surface area (Å²) < 4.78 is 25.2. The lowest BCUT2D eigenvalue weighted by molar-refractivity contribution is -0.188. The van der Waals surface area contributed by atoms with Gasteiger partial charge in [-0.1, -0.05) is 29.1 Å². The van der Waals surface area contributed by atoms with E-state index in [-0.39, 0.29) is 12.4 Å². The molecule has 9 heteroatoms. The minimum absolute atomic E-state index is 0.166. The van der Waals surface area contributed by atoms with Crippen LogP contribution in [0.2, 0.25) is 0 Å². The van der Waals surface area contributed by atoms with Crippen LogP contribution in [-0.2, 0) is 27.3 Å². The molecule has 0 spiro atoms. The number of ether oxygens (including phenoxy) is 3. The first kappa shape index (κ1) is 31.8. The second-order valence-corrected chi connectivity index (χ2v) is 12.9. The van der Waals surface area contributed by atoms with Gasteiger partial charge >= 0.3 is 0 Å². The van der Waals surface area contributed by atoms with Gasteiger partial charge in [-0.15, -0.1) is 0 Å². The minimum atomic E-state index is -0.181. The zero-order chi connectivity index (χ0) is 31.8. The van der Waals surface area contributed by atoms with Crippen molar-refractivity contribution >= 4 is 0 Å². The van der Waals surface area contributed by atoms with Gasteiger partial charge in [0.25, 0.3) is 0 Å². The highest BCUT2D eigenvalue weighted by molar-refractivity contribution is 5.59. The summed E-state index contributed by atoms with van der Waals surface area (Å²) in [5.41, 5.74) is 5.11. The largest absolute Gasteiger partial charge is 0.379 e.